The molecule has 0 radical (unpaired) electrons. The lowest BCUT2D eigenvalue weighted by atomic mass is 10.1. The molecule has 2 fully saturated rings. The van der Waals surface area contributed by atoms with Crippen LogP contribution in [0.5, 0.6) is 0 Å². The highest BCUT2D eigenvalue weighted by atomic mass is 16.5. The molecule has 0 saturated carbocycles. The maximum Gasteiger partial charge on any atom is 0.0889 e. The minimum atomic E-state index is 0.242. The maximum absolute atomic E-state index is 6.18. The fraction of sp³-hybridized carbons (Fsp3) is 0.917. The van der Waals surface area contributed by atoms with Crippen molar-refractivity contribution in [1.82, 2.24) is 14.7 Å². The van der Waals surface area contributed by atoms with Crippen molar-refractivity contribution >= 4 is 0 Å². The highest BCUT2D eigenvalue weighted by Gasteiger charge is 2.26. The van der Waals surface area contributed by atoms with Crippen LogP contribution >= 0.6 is 0 Å². The Kier molecular flexibility index (Phi) is 11.7. The van der Waals surface area contributed by atoms with Crippen LogP contribution in [-0.2, 0) is 14.2 Å². The van der Waals surface area contributed by atoms with Crippen LogP contribution in [0.4, 0.5) is 0 Å². The fourth-order valence-corrected chi connectivity index (χ4v) is 4.50. The quantitative estimate of drug-likeness (QED) is 0.333. The molecule has 6 heteroatoms. The Labute approximate surface area is 185 Å². The second-order valence-electron chi connectivity index (χ2n) is 9.47. The van der Waals surface area contributed by atoms with E-state index in [0.717, 1.165) is 64.4 Å². The second-order valence-corrected chi connectivity index (χ2v) is 9.47. The zero-order chi connectivity index (χ0) is 21.9. The van der Waals surface area contributed by atoms with E-state index >= 15 is 0 Å². The van der Waals surface area contributed by atoms with E-state index in [1.165, 1.54) is 26.2 Å². The summed E-state index contributed by atoms with van der Waals surface area (Å²) >= 11 is 0. The van der Waals surface area contributed by atoms with Crippen LogP contribution in [0.2, 0.25) is 0 Å². The summed E-state index contributed by atoms with van der Waals surface area (Å²) in [5, 5.41) is 0. The van der Waals surface area contributed by atoms with Gasteiger partial charge in [-0.25, -0.2) is 0 Å². The van der Waals surface area contributed by atoms with Gasteiger partial charge in [0.1, 0.15) is 0 Å². The largest absolute Gasteiger partial charge is 0.499 e. The van der Waals surface area contributed by atoms with Gasteiger partial charge < -0.3 is 19.1 Å². The lowest BCUT2D eigenvalue weighted by Crippen LogP contribution is -2.49. The van der Waals surface area contributed by atoms with Crippen LogP contribution in [0.15, 0.2) is 12.3 Å². The van der Waals surface area contributed by atoms with E-state index in [9.17, 15) is 0 Å². The zero-order valence-electron chi connectivity index (χ0n) is 20.3. The molecule has 6 nitrogen and oxygen atoms in total. The van der Waals surface area contributed by atoms with Gasteiger partial charge in [0, 0.05) is 71.4 Å². The second kappa shape index (κ2) is 13.7. The highest BCUT2D eigenvalue weighted by Crippen LogP contribution is 2.17. The molecule has 2 heterocycles. The van der Waals surface area contributed by atoms with Crippen LogP contribution in [-0.4, -0.2) is 105 Å². The van der Waals surface area contributed by atoms with E-state index in [0.29, 0.717) is 6.04 Å². The molecule has 176 valence electrons. The Hall–Kier alpha value is -0.660. The van der Waals surface area contributed by atoms with E-state index < -0.39 is 0 Å². The van der Waals surface area contributed by atoms with Crippen LogP contribution in [0, 0.1) is 0 Å². The van der Waals surface area contributed by atoms with E-state index in [-0.39, 0.29) is 18.3 Å². The van der Waals surface area contributed by atoms with Crippen LogP contribution < -0.4 is 0 Å². The molecule has 2 aliphatic rings. The molecule has 2 unspecified atom stereocenters. The third-order valence-electron chi connectivity index (χ3n) is 6.12. The molecule has 30 heavy (non-hydrogen) atoms. The van der Waals surface area contributed by atoms with Crippen molar-refractivity contribution in [2.75, 3.05) is 65.6 Å². The molecule has 0 aromatic carbocycles. The predicted octanol–water partition coefficient (Wildman–Crippen LogP) is 3.23. The van der Waals surface area contributed by atoms with Crippen molar-refractivity contribution in [2.45, 2.75) is 78.2 Å². The molecule has 2 saturated heterocycles. The summed E-state index contributed by atoms with van der Waals surface area (Å²) in [6.45, 7) is 25.2. The molecule has 0 N–H and O–H groups in total. The Morgan fingerprint density at radius 1 is 1.00 bits per heavy atom. The van der Waals surface area contributed by atoms with Crippen molar-refractivity contribution < 1.29 is 14.2 Å². The van der Waals surface area contributed by atoms with E-state index in [1.807, 2.05) is 6.92 Å². The van der Waals surface area contributed by atoms with Gasteiger partial charge in [-0.05, 0) is 47.5 Å². The van der Waals surface area contributed by atoms with Gasteiger partial charge in [-0.2, -0.15) is 0 Å². The van der Waals surface area contributed by atoms with Crippen LogP contribution in [0.1, 0.15) is 53.9 Å². The van der Waals surface area contributed by atoms with Gasteiger partial charge >= 0.3 is 0 Å². The third-order valence-corrected chi connectivity index (χ3v) is 6.12. The predicted molar refractivity (Wildman–Crippen MR) is 124 cm³/mol. The Bertz CT molecular complexity index is 480. The standard InChI is InChI=1S/C24H47N3O3/c1-20(2)27-13-11-25(12-14-27)9-7-16-29-22(5)17-24-19-26(18-23(6)30-24)10-8-15-28-21(3)4/h20,22-24H,3,7-19H2,1-2,4-6H3/t22?,23-,24?/m0/s1. The molecule has 0 aliphatic carbocycles. The Morgan fingerprint density at radius 3 is 2.33 bits per heavy atom. The van der Waals surface area contributed by atoms with Crippen LogP contribution in [0.25, 0.3) is 0 Å². The first kappa shape index (κ1) is 25.6. The number of piperazine rings is 1. The topological polar surface area (TPSA) is 37.4 Å². The smallest absolute Gasteiger partial charge is 0.0889 e. The number of nitrogens with zero attached hydrogens (tertiary/aromatic N) is 3. The van der Waals surface area contributed by atoms with Crippen molar-refractivity contribution in [1.29, 1.82) is 0 Å². The van der Waals surface area contributed by atoms with Crippen molar-refractivity contribution in [3.8, 4) is 0 Å². The minimum Gasteiger partial charge on any atom is -0.499 e. The molecule has 2 rings (SSSR count). The Morgan fingerprint density at radius 2 is 1.67 bits per heavy atom. The first-order valence-corrected chi connectivity index (χ1v) is 12.1. The maximum atomic E-state index is 6.18. The summed E-state index contributed by atoms with van der Waals surface area (Å²) in [4.78, 5) is 7.65. The summed E-state index contributed by atoms with van der Waals surface area (Å²) in [6.07, 6.45) is 3.90. The summed E-state index contributed by atoms with van der Waals surface area (Å²) < 4.78 is 17.8. The Balaban J connectivity index is 1.56. The summed E-state index contributed by atoms with van der Waals surface area (Å²) in [5.41, 5.74) is 0. The minimum absolute atomic E-state index is 0.242. The summed E-state index contributed by atoms with van der Waals surface area (Å²) in [5.74, 6) is 0.798. The highest BCUT2D eigenvalue weighted by molar-refractivity contribution is 4.78. The van der Waals surface area contributed by atoms with Gasteiger partial charge in [0.25, 0.3) is 0 Å². The average molecular weight is 426 g/mol. The first-order chi connectivity index (χ1) is 14.3. The van der Waals surface area contributed by atoms with E-state index in [2.05, 4.69) is 49.0 Å². The number of morpholine rings is 1. The number of rotatable bonds is 13. The molecule has 0 aromatic heterocycles. The number of allylic oxidation sites excluding steroid dienone is 1. The number of hydrogen-bond donors (Lipinski definition) is 0. The monoisotopic (exact) mass is 425 g/mol. The van der Waals surface area contributed by atoms with Crippen molar-refractivity contribution in [2.24, 2.45) is 0 Å². The molecule has 2 aliphatic heterocycles. The van der Waals surface area contributed by atoms with Crippen molar-refractivity contribution in [3.05, 3.63) is 12.3 Å². The van der Waals surface area contributed by atoms with Gasteiger partial charge in [-0.3, -0.25) is 9.80 Å². The normalized spacial score (nSPS) is 25.5. The average Bonchev–Trinajstić information content (AvgIpc) is 2.68. The van der Waals surface area contributed by atoms with Gasteiger partial charge in [0.05, 0.1) is 30.7 Å². The summed E-state index contributed by atoms with van der Waals surface area (Å²) in [7, 11) is 0. The molecular weight excluding hydrogens is 378 g/mol. The van der Waals surface area contributed by atoms with Crippen LogP contribution in [0.3, 0.4) is 0 Å². The summed E-state index contributed by atoms with van der Waals surface area (Å²) in [6, 6.07) is 0.668. The van der Waals surface area contributed by atoms with Gasteiger partial charge in [0.15, 0.2) is 0 Å². The first-order valence-electron chi connectivity index (χ1n) is 12.1. The van der Waals surface area contributed by atoms with E-state index in [4.69, 9.17) is 14.2 Å². The zero-order valence-corrected chi connectivity index (χ0v) is 20.3. The molecule has 0 aromatic rings. The third kappa shape index (κ3) is 10.1. The van der Waals surface area contributed by atoms with Gasteiger partial charge in [0.2, 0.25) is 0 Å². The number of ether oxygens (including phenoxy) is 3. The molecule has 0 amide bonds. The molecule has 0 bridgehead atoms. The number of hydrogen-bond acceptors (Lipinski definition) is 6. The molecular formula is C24H47N3O3. The van der Waals surface area contributed by atoms with Crippen molar-refractivity contribution in [3.63, 3.8) is 0 Å². The lowest BCUT2D eigenvalue weighted by molar-refractivity contribution is -0.0978. The fourth-order valence-electron chi connectivity index (χ4n) is 4.50. The molecule has 3 atom stereocenters. The lowest BCUT2D eigenvalue weighted by Gasteiger charge is -2.38. The van der Waals surface area contributed by atoms with Gasteiger partial charge in [-0.1, -0.05) is 6.58 Å². The van der Waals surface area contributed by atoms with Gasteiger partial charge in [-0.15, -0.1) is 0 Å². The molecule has 0 spiro atoms. The van der Waals surface area contributed by atoms with E-state index in [1.54, 1.807) is 0 Å². The SMILES string of the molecule is C=C(C)OCCCN1CC(CC(C)OCCCN2CCN(C(C)C)CC2)O[C@@H](C)C1.